The first-order valence-electron chi connectivity index (χ1n) is 10.8. The molecule has 0 aromatic heterocycles. The lowest BCUT2D eigenvalue weighted by atomic mass is 10.0. The number of nitrogens with one attached hydrogen (secondary N) is 1. The van der Waals surface area contributed by atoms with Crippen LogP contribution in [0.15, 0.2) is 48.5 Å². The van der Waals surface area contributed by atoms with Gasteiger partial charge in [0, 0.05) is 22.8 Å². The van der Waals surface area contributed by atoms with E-state index in [0.29, 0.717) is 11.8 Å². The number of rotatable bonds is 12. The fourth-order valence-electron chi connectivity index (χ4n) is 3.41. The first-order valence-corrected chi connectivity index (χ1v) is 11.6. The fraction of sp³-hybridized carbons (Fsp3) is 0.462. The molecule has 1 nitrogen and oxygen atoms in total. The maximum Gasteiger partial charge on any atom is 0.0237 e. The average molecular weight is 426 g/mol. The maximum absolute atomic E-state index is 5.61. The number of hydrogen-bond acceptors (Lipinski definition) is 3. The van der Waals surface area contributed by atoms with Crippen LogP contribution in [0.1, 0.15) is 62.8 Å². The molecule has 0 fully saturated rings. The summed E-state index contributed by atoms with van der Waals surface area (Å²) in [6, 6.07) is 17.5. The molecule has 0 aliphatic heterocycles. The van der Waals surface area contributed by atoms with Crippen molar-refractivity contribution in [3.63, 3.8) is 0 Å². The monoisotopic (exact) mass is 425 g/mol. The second-order valence-electron chi connectivity index (χ2n) is 8.69. The molecular weight excluding hydrogens is 390 g/mol. The Balaban J connectivity index is 1.68. The van der Waals surface area contributed by atoms with Crippen LogP contribution in [0, 0.1) is 11.8 Å². The minimum atomic E-state index is 0.682. The summed E-state index contributed by atoms with van der Waals surface area (Å²) >= 11 is 11.2. The molecule has 0 aliphatic rings. The van der Waals surface area contributed by atoms with Crippen LogP contribution >= 0.6 is 24.4 Å². The van der Waals surface area contributed by atoms with E-state index in [9.17, 15) is 0 Å². The Morgan fingerprint density at radius 2 is 1.00 bits per heavy atom. The zero-order valence-electron chi connectivity index (χ0n) is 18.3. The van der Waals surface area contributed by atoms with Crippen LogP contribution in [-0.4, -0.2) is 22.8 Å². The molecule has 29 heavy (non-hydrogen) atoms. The molecule has 2 aromatic carbocycles. The van der Waals surface area contributed by atoms with Gasteiger partial charge in [0.1, 0.15) is 0 Å². The summed E-state index contributed by atoms with van der Waals surface area (Å²) in [6.07, 6.45) is 4.01. The molecule has 2 rings (SSSR count). The van der Waals surface area contributed by atoms with Crippen molar-refractivity contribution < 1.29 is 0 Å². The van der Waals surface area contributed by atoms with Crippen molar-refractivity contribution in [2.24, 2.45) is 11.8 Å². The number of hydrogen-bond donors (Lipinski definition) is 1. The van der Waals surface area contributed by atoms with E-state index < -0.39 is 0 Å². The van der Waals surface area contributed by atoms with Crippen molar-refractivity contribution in [1.29, 1.82) is 0 Å². The summed E-state index contributed by atoms with van der Waals surface area (Å²) in [5.74, 6) is 1.36. The summed E-state index contributed by atoms with van der Waals surface area (Å²) in [5, 5.41) is 3.49. The van der Waals surface area contributed by atoms with Crippen LogP contribution < -0.4 is 5.32 Å². The third-order valence-electron chi connectivity index (χ3n) is 4.90. The van der Waals surface area contributed by atoms with E-state index in [0.717, 1.165) is 48.5 Å². The summed E-state index contributed by atoms with van der Waals surface area (Å²) in [7, 11) is 0. The minimum Gasteiger partial charge on any atom is -0.316 e. The van der Waals surface area contributed by atoms with Crippen molar-refractivity contribution in [2.45, 2.75) is 53.4 Å². The lowest BCUT2D eigenvalue weighted by molar-refractivity contribution is 0.647. The van der Waals surface area contributed by atoms with Gasteiger partial charge in [-0.3, -0.25) is 0 Å². The van der Waals surface area contributed by atoms with Gasteiger partial charge in [-0.05, 0) is 59.8 Å². The Kier molecular flexibility index (Phi) is 10.1. The number of thiocarbonyl (C=S) groups is 2. The zero-order chi connectivity index (χ0) is 21.2. The van der Waals surface area contributed by atoms with Gasteiger partial charge in [-0.25, -0.2) is 0 Å². The molecule has 0 radical (unpaired) electrons. The zero-order valence-corrected chi connectivity index (χ0v) is 20.0. The van der Waals surface area contributed by atoms with Crippen molar-refractivity contribution in [3.8, 4) is 0 Å². The SMILES string of the molecule is CC(C)Cc1ccc(C(=S)CCNCCC(=S)c2ccc(CC(C)C)cc2)cc1. The normalized spacial score (nSPS) is 11.2. The molecule has 0 heterocycles. The smallest absolute Gasteiger partial charge is 0.0237 e. The van der Waals surface area contributed by atoms with Gasteiger partial charge in [0.15, 0.2) is 0 Å². The molecule has 0 saturated carbocycles. The van der Waals surface area contributed by atoms with Gasteiger partial charge < -0.3 is 5.32 Å². The molecule has 156 valence electrons. The highest BCUT2D eigenvalue weighted by Gasteiger charge is 2.05. The van der Waals surface area contributed by atoms with E-state index in [1.165, 1.54) is 22.3 Å². The third-order valence-corrected chi connectivity index (χ3v) is 5.78. The van der Waals surface area contributed by atoms with Gasteiger partial charge in [-0.15, -0.1) is 0 Å². The van der Waals surface area contributed by atoms with Crippen molar-refractivity contribution in [2.75, 3.05) is 13.1 Å². The Hall–Kier alpha value is -1.42. The standard InChI is InChI=1S/C26H35NS2/c1-19(2)17-21-5-9-23(10-6-21)25(28)13-15-27-16-14-26(29)24-11-7-22(8-12-24)18-20(3)4/h5-12,19-20,27H,13-18H2,1-4H3. The van der Waals surface area contributed by atoms with E-state index in [4.69, 9.17) is 24.4 Å². The van der Waals surface area contributed by atoms with Gasteiger partial charge in [0.2, 0.25) is 0 Å². The van der Waals surface area contributed by atoms with Gasteiger partial charge in [0.05, 0.1) is 0 Å². The van der Waals surface area contributed by atoms with E-state index >= 15 is 0 Å². The minimum absolute atomic E-state index is 0.682. The summed E-state index contributed by atoms with van der Waals surface area (Å²) in [6.45, 7) is 10.8. The van der Waals surface area contributed by atoms with E-state index in [1.54, 1.807) is 0 Å². The molecule has 0 bridgehead atoms. The van der Waals surface area contributed by atoms with Crippen LogP contribution in [-0.2, 0) is 12.8 Å². The average Bonchev–Trinajstić information content (AvgIpc) is 2.67. The lowest BCUT2D eigenvalue weighted by Crippen LogP contribution is -2.21. The largest absolute Gasteiger partial charge is 0.316 e. The van der Waals surface area contributed by atoms with E-state index in [-0.39, 0.29) is 0 Å². The Morgan fingerprint density at radius 1 is 0.655 bits per heavy atom. The highest BCUT2D eigenvalue weighted by molar-refractivity contribution is 7.81. The molecule has 2 aromatic rings. The molecule has 1 N–H and O–H groups in total. The van der Waals surface area contributed by atoms with E-state index in [2.05, 4.69) is 81.5 Å². The lowest BCUT2D eigenvalue weighted by Gasteiger charge is -2.10. The van der Waals surface area contributed by atoms with Crippen LogP contribution in [0.2, 0.25) is 0 Å². The van der Waals surface area contributed by atoms with Crippen LogP contribution in [0.4, 0.5) is 0 Å². The quantitative estimate of drug-likeness (QED) is 0.234. The first kappa shape index (κ1) is 23.9. The predicted molar refractivity (Wildman–Crippen MR) is 135 cm³/mol. The van der Waals surface area contributed by atoms with Crippen molar-refractivity contribution in [3.05, 3.63) is 70.8 Å². The summed E-state index contributed by atoms with van der Waals surface area (Å²) < 4.78 is 0. The molecule has 0 unspecified atom stereocenters. The fourth-order valence-corrected chi connectivity index (χ4v) is 3.89. The second-order valence-corrected chi connectivity index (χ2v) is 9.67. The van der Waals surface area contributed by atoms with Crippen LogP contribution in [0.25, 0.3) is 0 Å². The van der Waals surface area contributed by atoms with Gasteiger partial charge >= 0.3 is 0 Å². The molecule has 0 atom stereocenters. The third kappa shape index (κ3) is 8.86. The van der Waals surface area contributed by atoms with Gasteiger partial charge in [0.25, 0.3) is 0 Å². The van der Waals surface area contributed by atoms with Gasteiger partial charge in [-0.1, -0.05) is 101 Å². The Labute approximate surface area is 188 Å². The molecule has 0 amide bonds. The first-order chi connectivity index (χ1) is 13.8. The molecular formula is C26H35NS2. The highest BCUT2D eigenvalue weighted by atomic mass is 32.1. The Morgan fingerprint density at radius 3 is 1.31 bits per heavy atom. The second kappa shape index (κ2) is 12.3. The number of benzene rings is 2. The highest BCUT2D eigenvalue weighted by Crippen LogP contribution is 2.13. The molecule has 3 heteroatoms. The van der Waals surface area contributed by atoms with Crippen LogP contribution in [0.5, 0.6) is 0 Å². The van der Waals surface area contributed by atoms with Gasteiger partial charge in [-0.2, -0.15) is 0 Å². The van der Waals surface area contributed by atoms with Crippen molar-refractivity contribution >= 4 is 34.2 Å². The van der Waals surface area contributed by atoms with Crippen LogP contribution in [0.3, 0.4) is 0 Å². The van der Waals surface area contributed by atoms with E-state index in [1.807, 2.05) is 0 Å². The Bertz CT molecular complexity index is 706. The predicted octanol–water partition coefficient (Wildman–Crippen LogP) is 6.59. The molecule has 0 spiro atoms. The topological polar surface area (TPSA) is 12.0 Å². The maximum atomic E-state index is 5.61. The molecule has 0 saturated heterocycles. The van der Waals surface area contributed by atoms with Crippen molar-refractivity contribution in [1.82, 2.24) is 5.32 Å². The molecule has 0 aliphatic carbocycles. The summed E-state index contributed by atoms with van der Waals surface area (Å²) in [5.41, 5.74) is 5.11. The summed E-state index contributed by atoms with van der Waals surface area (Å²) in [4.78, 5) is 2.05.